The van der Waals surface area contributed by atoms with Gasteiger partial charge in [-0.1, -0.05) is 72.3 Å². The molecule has 0 aliphatic carbocycles. The minimum atomic E-state index is -0.245. The maximum absolute atomic E-state index is 13.4. The van der Waals surface area contributed by atoms with Gasteiger partial charge in [0.25, 0.3) is 0 Å². The van der Waals surface area contributed by atoms with Crippen molar-refractivity contribution in [2.24, 2.45) is 9.98 Å². The summed E-state index contributed by atoms with van der Waals surface area (Å²) < 4.78 is 13.4. The normalized spacial score (nSPS) is 11.7. The zero-order valence-electron chi connectivity index (χ0n) is 24.6. The van der Waals surface area contributed by atoms with E-state index in [-0.39, 0.29) is 19.0 Å². The van der Waals surface area contributed by atoms with Crippen molar-refractivity contribution < 1.29 is 17.5 Å². The molecule has 0 atom stereocenters. The molecule has 5 rings (SSSR count). The van der Waals surface area contributed by atoms with E-state index in [1.54, 1.807) is 12.1 Å². The molecule has 1 aromatic heterocycles. The van der Waals surface area contributed by atoms with E-state index in [2.05, 4.69) is 50.2 Å². The third-order valence-corrected chi connectivity index (χ3v) is 7.19. The average molecular weight is 652 g/mol. The molecule has 43 heavy (non-hydrogen) atoms. The summed E-state index contributed by atoms with van der Waals surface area (Å²) in [6.07, 6.45) is 0. The molecule has 1 heterocycles. The van der Waals surface area contributed by atoms with Gasteiger partial charge in [0.05, 0.1) is 34.2 Å². The molecule has 0 N–H and O–H groups in total. The zero-order valence-corrected chi connectivity index (χ0v) is 27.3. The van der Waals surface area contributed by atoms with E-state index < -0.39 is 0 Å². The van der Waals surface area contributed by atoms with Crippen molar-refractivity contribution >= 4 is 43.0 Å². The minimum absolute atomic E-state index is 0.194. The maximum atomic E-state index is 13.4. The van der Waals surface area contributed by atoms with E-state index in [1.807, 2.05) is 63.2 Å². The van der Waals surface area contributed by atoms with E-state index in [9.17, 15) is 4.39 Å². The van der Waals surface area contributed by atoms with Crippen LogP contribution in [0.15, 0.2) is 113 Å². The van der Waals surface area contributed by atoms with E-state index in [1.165, 1.54) is 28.8 Å². The fraction of sp³-hybridized carbons (Fsp3) is 0.139. The third kappa shape index (κ3) is 8.28. The number of aliphatic imine (C=N–C) groups is 2. The molecule has 0 spiro atoms. The summed E-state index contributed by atoms with van der Waals surface area (Å²) in [5, 5.41) is 0. The monoisotopic (exact) mass is 651 g/mol. The van der Waals surface area contributed by atoms with Gasteiger partial charge in [0.2, 0.25) is 0 Å². The summed E-state index contributed by atoms with van der Waals surface area (Å²) in [4.78, 5) is 14.8. The molecule has 7 heteroatoms. The number of benzene rings is 4. The Labute approximate surface area is 268 Å². The standard InChI is InChI=1S/C36H32FN3.2ClH.Fe/c1-23-15-17-28(18-16-23)31-9-6-11-33(24(31)2)38-26(4)35-13-8-14-36(40-35)27(5)39-34-12-7-10-32(25(34)3)29-19-21-30(37)22-20-29;;;/h6-22H,1-5H3;2*1H;/q;;;+2/p-2. The van der Waals surface area contributed by atoms with Gasteiger partial charge < -0.3 is 0 Å². The van der Waals surface area contributed by atoms with E-state index in [0.717, 1.165) is 56.4 Å². The fourth-order valence-electron chi connectivity index (χ4n) is 4.79. The number of nitrogens with zero attached hydrogens (tertiary/aromatic N) is 3. The molecule has 0 amide bonds. The van der Waals surface area contributed by atoms with Crippen molar-refractivity contribution in [2.45, 2.75) is 34.6 Å². The van der Waals surface area contributed by atoms with Crippen molar-refractivity contribution in [1.29, 1.82) is 0 Å². The number of aryl methyl sites for hydroxylation is 1. The zero-order chi connectivity index (χ0) is 30.9. The van der Waals surface area contributed by atoms with Crippen molar-refractivity contribution in [1.82, 2.24) is 4.98 Å². The van der Waals surface area contributed by atoms with Crippen LogP contribution in [0.4, 0.5) is 15.8 Å². The number of hydrogen-bond donors (Lipinski definition) is 0. The molecule has 0 radical (unpaired) electrons. The molecule has 4 aromatic carbocycles. The number of pyridine rings is 1. The molecule has 5 aromatic rings. The number of aromatic nitrogens is 1. The Kier molecular flexibility index (Phi) is 11.4. The van der Waals surface area contributed by atoms with Crippen LogP contribution in [0, 0.1) is 26.6 Å². The first kappa shape index (κ1) is 32.3. The molecule has 0 saturated carbocycles. The second kappa shape index (κ2) is 15.2. The SMILES string of the molecule is CC(=Nc1cccc(-c2ccc(C)cc2)c1C)c1cccc(C(C)=Nc2cccc(-c3ccc(F)cc3)c2C)n1.[Cl][Fe][Cl]. The van der Waals surface area contributed by atoms with Crippen molar-refractivity contribution in [3.63, 3.8) is 0 Å². The van der Waals surface area contributed by atoms with Crippen LogP contribution in [0.25, 0.3) is 22.3 Å². The van der Waals surface area contributed by atoms with Crippen molar-refractivity contribution in [3.05, 3.63) is 137 Å². The Hall–Kier alpha value is -3.60. The first-order valence-electron chi connectivity index (χ1n) is 13.7. The van der Waals surface area contributed by atoms with Gasteiger partial charge in [-0.15, -0.1) is 0 Å². The van der Waals surface area contributed by atoms with Crippen LogP contribution in [0.5, 0.6) is 0 Å². The molecular weight excluding hydrogens is 620 g/mol. The second-order valence-corrected chi connectivity index (χ2v) is 11.9. The number of rotatable bonds is 6. The number of halogens is 3. The van der Waals surface area contributed by atoms with Gasteiger partial charge in [-0.25, -0.2) is 9.37 Å². The third-order valence-electron chi connectivity index (χ3n) is 7.19. The van der Waals surface area contributed by atoms with Crippen LogP contribution in [0.1, 0.15) is 41.9 Å². The van der Waals surface area contributed by atoms with Gasteiger partial charge in [-0.05, 0) is 104 Å². The molecule has 0 aliphatic rings. The molecule has 0 unspecified atom stereocenters. The fourth-order valence-corrected chi connectivity index (χ4v) is 4.79. The van der Waals surface area contributed by atoms with Gasteiger partial charge >= 0.3 is 33.3 Å². The van der Waals surface area contributed by atoms with Crippen LogP contribution in [0.3, 0.4) is 0 Å². The van der Waals surface area contributed by atoms with Crippen LogP contribution in [-0.2, 0) is 13.1 Å². The summed E-state index contributed by atoms with van der Waals surface area (Å²) >= 11 is 0.194. The van der Waals surface area contributed by atoms with Crippen LogP contribution < -0.4 is 0 Å². The molecule has 0 saturated heterocycles. The first-order chi connectivity index (χ1) is 20.7. The Bertz CT molecular complexity index is 1640. The van der Waals surface area contributed by atoms with Crippen molar-refractivity contribution in [2.75, 3.05) is 0 Å². The Morgan fingerprint density at radius 3 is 1.44 bits per heavy atom. The van der Waals surface area contributed by atoms with E-state index in [0.29, 0.717) is 0 Å². The van der Waals surface area contributed by atoms with E-state index >= 15 is 0 Å². The molecule has 0 bridgehead atoms. The molecule has 3 nitrogen and oxygen atoms in total. The summed E-state index contributed by atoms with van der Waals surface area (Å²) in [7, 11) is 9.53. The second-order valence-electron chi connectivity index (χ2n) is 10.1. The van der Waals surface area contributed by atoms with Crippen LogP contribution in [-0.4, -0.2) is 16.4 Å². The van der Waals surface area contributed by atoms with Gasteiger partial charge in [-0.2, -0.15) is 0 Å². The Morgan fingerprint density at radius 1 is 0.605 bits per heavy atom. The Balaban J connectivity index is 0.00000135. The molecular formula is C36H32Cl2FFeN3. The van der Waals surface area contributed by atoms with Gasteiger partial charge in [0, 0.05) is 0 Å². The molecule has 220 valence electrons. The summed E-state index contributed by atoms with van der Waals surface area (Å²) in [5.74, 6) is -0.245. The summed E-state index contributed by atoms with van der Waals surface area (Å²) in [6.45, 7) is 10.2. The summed E-state index contributed by atoms with van der Waals surface area (Å²) in [5.41, 5.74) is 12.8. The van der Waals surface area contributed by atoms with E-state index in [4.69, 9.17) is 35.2 Å². The van der Waals surface area contributed by atoms with Gasteiger partial charge in [0.15, 0.2) is 0 Å². The topological polar surface area (TPSA) is 37.6 Å². The molecule has 0 fully saturated rings. The predicted octanol–water partition coefficient (Wildman–Crippen LogP) is 11.1. The first-order valence-corrected chi connectivity index (χ1v) is 16.7. The average Bonchev–Trinajstić information content (AvgIpc) is 3.01. The van der Waals surface area contributed by atoms with Crippen molar-refractivity contribution in [3.8, 4) is 22.3 Å². The number of hydrogen-bond acceptors (Lipinski definition) is 3. The summed E-state index contributed by atoms with van der Waals surface area (Å²) in [6, 6.07) is 33.3. The van der Waals surface area contributed by atoms with Crippen LogP contribution >= 0.6 is 20.2 Å². The Morgan fingerprint density at radius 2 is 1.00 bits per heavy atom. The van der Waals surface area contributed by atoms with Gasteiger partial charge in [0.1, 0.15) is 5.82 Å². The van der Waals surface area contributed by atoms with Gasteiger partial charge in [-0.3, -0.25) is 9.98 Å². The quantitative estimate of drug-likeness (QED) is 0.133. The van der Waals surface area contributed by atoms with Crippen LogP contribution in [0.2, 0.25) is 0 Å². The molecule has 0 aliphatic heterocycles. The predicted molar refractivity (Wildman–Crippen MR) is 178 cm³/mol.